The number of likely N-dealkylation sites (N-methyl/N-ethyl adjacent to an activating group) is 1. The van der Waals surface area contributed by atoms with Crippen LogP contribution in [0.4, 0.5) is 4.79 Å². The number of hydrogen-bond donors (Lipinski definition) is 2. The molecule has 5 nitrogen and oxygen atoms in total. The maximum Gasteiger partial charge on any atom is 0.407 e. The molecule has 23 heavy (non-hydrogen) atoms. The zero-order valence-corrected chi connectivity index (χ0v) is 15.2. The van der Waals surface area contributed by atoms with Gasteiger partial charge in [0.25, 0.3) is 0 Å². The lowest BCUT2D eigenvalue weighted by atomic mass is 9.85. The summed E-state index contributed by atoms with van der Waals surface area (Å²) in [6.07, 6.45) is 8.03. The van der Waals surface area contributed by atoms with Gasteiger partial charge in [-0.3, -0.25) is 4.90 Å². The van der Waals surface area contributed by atoms with Gasteiger partial charge in [-0.15, -0.1) is 0 Å². The molecule has 1 amide bonds. The van der Waals surface area contributed by atoms with Gasteiger partial charge in [0.15, 0.2) is 0 Å². The van der Waals surface area contributed by atoms with Gasteiger partial charge in [-0.1, -0.05) is 19.3 Å². The summed E-state index contributed by atoms with van der Waals surface area (Å²) in [6, 6.07) is 0.816. The Labute approximate surface area is 140 Å². The highest BCUT2D eigenvalue weighted by molar-refractivity contribution is 5.68. The molecule has 2 aliphatic carbocycles. The second-order valence-corrected chi connectivity index (χ2v) is 8.24. The third kappa shape index (κ3) is 5.64. The summed E-state index contributed by atoms with van der Waals surface area (Å²) in [4.78, 5) is 14.5. The molecule has 2 rings (SSSR count). The minimum Gasteiger partial charge on any atom is -0.444 e. The second kappa shape index (κ2) is 7.84. The highest BCUT2D eigenvalue weighted by atomic mass is 16.6. The van der Waals surface area contributed by atoms with Crippen LogP contribution in [0.5, 0.6) is 0 Å². The Morgan fingerprint density at radius 3 is 2.39 bits per heavy atom. The molecule has 0 saturated heterocycles. The first kappa shape index (κ1) is 18.5. The van der Waals surface area contributed by atoms with E-state index in [1.165, 1.54) is 32.1 Å². The Morgan fingerprint density at radius 2 is 1.78 bits per heavy atom. The van der Waals surface area contributed by atoms with Crippen molar-refractivity contribution in [1.82, 2.24) is 10.2 Å². The van der Waals surface area contributed by atoms with Crippen molar-refractivity contribution in [1.29, 1.82) is 0 Å². The van der Waals surface area contributed by atoms with Crippen molar-refractivity contribution in [3.63, 3.8) is 0 Å². The van der Waals surface area contributed by atoms with Crippen molar-refractivity contribution in [2.24, 2.45) is 0 Å². The largest absolute Gasteiger partial charge is 0.444 e. The minimum atomic E-state index is -0.483. The highest BCUT2D eigenvalue weighted by Gasteiger charge is 2.36. The van der Waals surface area contributed by atoms with E-state index in [2.05, 4.69) is 17.3 Å². The quantitative estimate of drug-likeness (QED) is 0.837. The Balaban J connectivity index is 1.98. The molecule has 134 valence electrons. The smallest absolute Gasteiger partial charge is 0.407 e. The van der Waals surface area contributed by atoms with Crippen LogP contribution in [0.2, 0.25) is 0 Å². The summed E-state index contributed by atoms with van der Waals surface area (Å²) >= 11 is 0. The first-order valence-electron chi connectivity index (χ1n) is 9.16. The predicted molar refractivity (Wildman–Crippen MR) is 91.4 cm³/mol. The summed E-state index contributed by atoms with van der Waals surface area (Å²) in [5.74, 6) is 0. The lowest BCUT2D eigenvalue weighted by Gasteiger charge is -2.44. The van der Waals surface area contributed by atoms with Crippen molar-refractivity contribution in [2.75, 3.05) is 7.05 Å². The monoisotopic (exact) mass is 326 g/mol. The van der Waals surface area contributed by atoms with Gasteiger partial charge < -0.3 is 15.2 Å². The number of alkyl carbamates (subject to hydrolysis) is 1. The molecule has 0 heterocycles. The van der Waals surface area contributed by atoms with Crippen molar-refractivity contribution in [3.05, 3.63) is 0 Å². The number of hydrogen-bond acceptors (Lipinski definition) is 4. The van der Waals surface area contributed by atoms with E-state index in [0.717, 1.165) is 19.3 Å². The van der Waals surface area contributed by atoms with E-state index >= 15 is 0 Å². The molecule has 2 fully saturated rings. The van der Waals surface area contributed by atoms with Crippen LogP contribution >= 0.6 is 0 Å². The van der Waals surface area contributed by atoms with E-state index in [0.29, 0.717) is 6.04 Å². The third-order valence-corrected chi connectivity index (χ3v) is 5.16. The molecule has 0 bridgehead atoms. The number of aliphatic hydroxyl groups is 1. The third-order valence-electron chi connectivity index (χ3n) is 5.16. The van der Waals surface area contributed by atoms with Crippen LogP contribution in [0.15, 0.2) is 0 Å². The molecule has 0 spiro atoms. The van der Waals surface area contributed by atoms with Gasteiger partial charge in [0, 0.05) is 18.1 Å². The van der Waals surface area contributed by atoms with Crippen LogP contribution in [0, 0.1) is 0 Å². The van der Waals surface area contributed by atoms with Gasteiger partial charge in [-0.2, -0.15) is 0 Å². The summed E-state index contributed by atoms with van der Waals surface area (Å²) in [5.41, 5.74) is -0.483. The molecule has 0 aromatic rings. The molecule has 2 N–H and O–H groups in total. The highest BCUT2D eigenvalue weighted by Crippen LogP contribution is 2.29. The molecular weight excluding hydrogens is 292 g/mol. The number of carbonyl (C=O) groups excluding carboxylic acids is 1. The van der Waals surface area contributed by atoms with E-state index in [1.807, 2.05) is 20.8 Å². The normalized spacial score (nSPS) is 30.3. The first-order valence-corrected chi connectivity index (χ1v) is 9.16. The van der Waals surface area contributed by atoms with Crippen molar-refractivity contribution >= 4 is 6.09 Å². The Morgan fingerprint density at radius 1 is 1.13 bits per heavy atom. The number of rotatable bonds is 3. The molecule has 3 unspecified atom stereocenters. The number of carbonyl (C=O) groups is 1. The van der Waals surface area contributed by atoms with E-state index in [9.17, 15) is 9.90 Å². The van der Waals surface area contributed by atoms with E-state index < -0.39 is 5.60 Å². The molecule has 0 aliphatic heterocycles. The molecule has 2 aliphatic rings. The number of nitrogens with one attached hydrogen (secondary N) is 1. The van der Waals surface area contributed by atoms with Crippen LogP contribution in [-0.2, 0) is 4.74 Å². The molecule has 2 saturated carbocycles. The lowest BCUT2D eigenvalue weighted by molar-refractivity contribution is 0.0142. The average Bonchev–Trinajstić information content (AvgIpc) is 2.47. The SMILES string of the molecule is CN(C1CCCCC1)C1CC(O)CCC1NC(=O)OC(C)(C)C. The van der Waals surface area contributed by atoms with Crippen LogP contribution in [0.1, 0.15) is 72.1 Å². The summed E-state index contributed by atoms with van der Waals surface area (Å²) in [7, 11) is 2.16. The van der Waals surface area contributed by atoms with Crippen LogP contribution < -0.4 is 5.32 Å². The van der Waals surface area contributed by atoms with Gasteiger partial charge >= 0.3 is 6.09 Å². The molecule has 3 atom stereocenters. The molecular formula is C18H34N2O3. The second-order valence-electron chi connectivity index (χ2n) is 8.24. The fourth-order valence-electron chi connectivity index (χ4n) is 3.96. The number of ether oxygens (including phenoxy) is 1. The fraction of sp³-hybridized carbons (Fsp3) is 0.944. The summed E-state index contributed by atoms with van der Waals surface area (Å²) in [5, 5.41) is 13.1. The van der Waals surface area contributed by atoms with Gasteiger partial charge in [0.2, 0.25) is 0 Å². The van der Waals surface area contributed by atoms with Crippen molar-refractivity contribution < 1.29 is 14.6 Å². The Kier molecular flexibility index (Phi) is 6.32. The molecule has 0 radical (unpaired) electrons. The summed E-state index contributed by atoms with van der Waals surface area (Å²) in [6.45, 7) is 5.63. The number of aliphatic hydroxyl groups excluding tert-OH is 1. The Hall–Kier alpha value is -0.810. The lowest BCUT2D eigenvalue weighted by Crippen LogP contribution is -2.57. The topological polar surface area (TPSA) is 61.8 Å². The van der Waals surface area contributed by atoms with Crippen LogP contribution in [0.3, 0.4) is 0 Å². The molecule has 0 aromatic carbocycles. The molecule has 5 heteroatoms. The first-order chi connectivity index (χ1) is 10.8. The maximum absolute atomic E-state index is 12.1. The zero-order valence-electron chi connectivity index (χ0n) is 15.2. The maximum atomic E-state index is 12.1. The average molecular weight is 326 g/mol. The van der Waals surface area contributed by atoms with Crippen LogP contribution in [0.25, 0.3) is 0 Å². The van der Waals surface area contributed by atoms with Crippen molar-refractivity contribution in [2.45, 2.75) is 102 Å². The number of amides is 1. The van der Waals surface area contributed by atoms with Gasteiger partial charge in [0.05, 0.1) is 6.10 Å². The van der Waals surface area contributed by atoms with Gasteiger partial charge in [-0.05, 0) is 59.9 Å². The van der Waals surface area contributed by atoms with E-state index in [-0.39, 0.29) is 24.3 Å². The Bertz CT molecular complexity index is 388. The summed E-state index contributed by atoms with van der Waals surface area (Å²) < 4.78 is 5.41. The van der Waals surface area contributed by atoms with E-state index in [1.54, 1.807) is 0 Å². The van der Waals surface area contributed by atoms with Crippen LogP contribution in [-0.4, -0.2) is 53.0 Å². The number of nitrogens with zero attached hydrogens (tertiary/aromatic N) is 1. The molecule has 0 aromatic heterocycles. The van der Waals surface area contributed by atoms with Gasteiger partial charge in [-0.25, -0.2) is 4.79 Å². The fourth-order valence-corrected chi connectivity index (χ4v) is 3.96. The van der Waals surface area contributed by atoms with Gasteiger partial charge in [0.1, 0.15) is 5.60 Å². The predicted octanol–water partition coefficient (Wildman–Crippen LogP) is 3.06. The van der Waals surface area contributed by atoms with Crippen molar-refractivity contribution in [3.8, 4) is 0 Å². The standard InChI is InChI=1S/C18H34N2O3/c1-18(2,3)23-17(22)19-15-11-10-14(21)12-16(15)20(4)13-8-6-5-7-9-13/h13-16,21H,5-12H2,1-4H3,(H,19,22). The minimum absolute atomic E-state index is 0.0557. The van der Waals surface area contributed by atoms with E-state index in [4.69, 9.17) is 4.74 Å². The zero-order chi connectivity index (χ0) is 17.0.